The molecule has 1 rings (SSSR count). The molecule has 0 saturated carbocycles. The van der Waals surface area contributed by atoms with Gasteiger partial charge < -0.3 is 20.1 Å². The number of nitrogens with one attached hydrogen (secondary N) is 2. The first kappa shape index (κ1) is 16.8. The van der Waals surface area contributed by atoms with Crippen LogP contribution >= 0.6 is 0 Å². The molecule has 116 valence electrons. The minimum Gasteiger partial charge on any atom is -0.463 e. The van der Waals surface area contributed by atoms with Crippen LogP contribution in [0.15, 0.2) is 0 Å². The Hall–Kier alpha value is -1.30. The summed E-state index contributed by atoms with van der Waals surface area (Å²) in [6.45, 7) is 10.3. The molecule has 0 aromatic rings. The van der Waals surface area contributed by atoms with E-state index in [1.54, 1.807) is 20.8 Å². The van der Waals surface area contributed by atoms with E-state index in [9.17, 15) is 9.59 Å². The van der Waals surface area contributed by atoms with Crippen molar-refractivity contribution in [3.63, 3.8) is 0 Å². The maximum absolute atomic E-state index is 12.0. The van der Waals surface area contributed by atoms with Crippen LogP contribution in [0.4, 0.5) is 4.79 Å². The minimum absolute atomic E-state index is 0.153. The Labute approximate surface area is 120 Å². The predicted octanol–water partition coefficient (Wildman–Crippen LogP) is 1.44. The summed E-state index contributed by atoms with van der Waals surface area (Å²) in [6, 6.07) is -0.301. The number of amides is 1. The Kier molecular flexibility index (Phi) is 5.80. The van der Waals surface area contributed by atoms with Gasteiger partial charge in [0.25, 0.3) is 0 Å². The molecule has 1 aliphatic heterocycles. The molecular formula is C14H26N2O4. The van der Waals surface area contributed by atoms with E-state index in [0.717, 1.165) is 6.54 Å². The van der Waals surface area contributed by atoms with Gasteiger partial charge >= 0.3 is 12.1 Å². The van der Waals surface area contributed by atoms with Gasteiger partial charge in [0.05, 0.1) is 18.1 Å². The van der Waals surface area contributed by atoms with E-state index in [-0.39, 0.29) is 24.0 Å². The first-order valence-corrected chi connectivity index (χ1v) is 7.10. The van der Waals surface area contributed by atoms with Crippen molar-refractivity contribution in [1.82, 2.24) is 10.6 Å². The molecule has 1 amide bonds. The lowest BCUT2D eigenvalue weighted by Crippen LogP contribution is -2.54. The molecule has 1 saturated heterocycles. The van der Waals surface area contributed by atoms with Gasteiger partial charge in [0.2, 0.25) is 0 Å². The normalized spacial score (nSPS) is 23.3. The van der Waals surface area contributed by atoms with E-state index in [1.165, 1.54) is 0 Å². The van der Waals surface area contributed by atoms with Crippen LogP contribution in [0.2, 0.25) is 0 Å². The molecule has 1 aliphatic rings. The summed E-state index contributed by atoms with van der Waals surface area (Å²) in [4.78, 5) is 23.8. The third-order valence-electron chi connectivity index (χ3n) is 2.84. The SMILES string of the molecule is CC(C)OC(=O)[C@H]1CCNC[C@@H]1NC(=O)OC(C)(C)C. The quantitative estimate of drug-likeness (QED) is 0.768. The summed E-state index contributed by atoms with van der Waals surface area (Å²) < 4.78 is 10.5. The van der Waals surface area contributed by atoms with Gasteiger partial charge in [-0.3, -0.25) is 4.79 Å². The first-order valence-electron chi connectivity index (χ1n) is 7.10. The van der Waals surface area contributed by atoms with Crippen molar-refractivity contribution >= 4 is 12.1 Å². The molecule has 0 aromatic carbocycles. The summed E-state index contributed by atoms with van der Waals surface area (Å²) in [6.07, 6.45) is -0.0143. The van der Waals surface area contributed by atoms with Gasteiger partial charge in [0, 0.05) is 6.54 Å². The highest BCUT2D eigenvalue weighted by Gasteiger charge is 2.34. The molecule has 0 aliphatic carbocycles. The molecule has 2 atom stereocenters. The second kappa shape index (κ2) is 6.92. The average molecular weight is 286 g/mol. The molecule has 20 heavy (non-hydrogen) atoms. The van der Waals surface area contributed by atoms with Crippen molar-refractivity contribution in [2.45, 2.75) is 58.8 Å². The predicted molar refractivity (Wildman–Crippen MR) is 75.4 cm³/mol. The lowest BCUT2D eigenvalue weighted by atomic mass is 9.93. The molecular weight excluding hydrogens is 260 g/mol. The Morgan fingerprint density at radius 1 is 1.30 bits per heavy atom. The molecule has 0 spiro atoms. The highest BCUT2D eigenvalue weighted by molar-refractivity contribution is 5.75. The van der Waals surface area contributed by atoms with Crippen LogP contribution in [-0.2, 0) is 14.3 Å². The topological polar surface area (TPSA) is 76.7 Å². The second-order valence-corrected chi connectivity index (χ2v) is 6.34. The fourth-order valence-electron chi connectivity index (χ4n) is 2.07. The molecule has 0 aromatic heterocycles. The molecule has 0 radical (unpaired) electrons. The number of rotatable bonds is 3. The lowest BCUT2D eigenvalue weighted by Gasteiger charge is -2.32. The molecule has 0 unspecified atom stereocenters. The molecule has 2 N–H and O–H groups in total. The Morgan fingerprint density at radius 2 is 1.95 bits per heavy atom. The first-order chi connectivity index (χ1) is 9.19. The average Bonchev–Trinajstić information content (AvgIpc) is 2.25. The van der Waals surface area contributed by atoms with Gasteiger partial charge in [-0.05, 0) is 47.6 Å². The molecule has 0 bridgehead atoms. The number of ether oxygens (including phenoxy) is 2. The highest BCUT2D eigenvalue weighted by Crippen LogP contribution is 2.16. The van der Waals surface area contributed by atoms with Crippen molar-refractivity contribution in [1.29, 1.82) is 0 Å². The molecule has 1 heterocycles. The van der Waals surface area contributed by atoms with Crippen molar-refractivity contribution < 1.29 is 19.1 Å². The van der Waals surface area contributed by atoms with E-state index in [1.807, 2.05) is 13.8 Å². The fraction of sp³-hybridized carbons (Fsp3) is 0.857. The van der Waals surface area contributed by atoms with Crippen LogP contribution in [-0.4, -0.2) is 42.9 Å². The van der Waals surface area contributed by atoms with E-state index in [2.05, 4.69) is 10.6 Å². The third-order valence-corrected chi connectivity index (χ3v) is 2.84. The van der Waals surface area contributed by atoms with Crippen molar-refractivity contribution in [2.75, 3.05) is 13.1 Å². The van der Waals surface area contributed by atoms with Crippen molar-refractivity contribution in [3.8, 4) is 0 Å². The molecule has 6 heteroatoms. The van der Waals surface area contributed by atoms with Crippen LogP contribution in [0.25, 0.3) is 0 Å². The van der Waals surface area contributed by atoms with Crippen LogP contribution < -0.4 is 10.6 Å². The van der Waals surface area contributed by atoms with Gasteiger partial charge in [0.1, 0.15) is 5.60 Å². The molecule has 6 nitrogen and oxygen atoms in total. The zero-order valence-corrected chi connectivity index (χ0v) is 13.0. The van der Waals surface area contributed by atoms with Gasteiger partial charge in [-0.1, -0.05) is 0 Å². The van der Waals surface area contributed by atoms with Crippen LogP contribution in [0, 0.1) is 5.92 Å². The van der Waals surface area contributed by atoms with E-state index in [0.29, 0.717) is 13.0 Å². The van der Waals surface area contributed by atoms with Crippen LogP contribution in [0.5, 0.6) is 0 Å². The smallest absolute Gasteiger partial charge is 0.407 e. The molecule has 1 fully saturated rings. The number of hydrogen-bond acceptors (Lipinski definition) is 5. The zero-order chi connectivity index (χ0) is 15.3. The Bertz CT molecular complexity index is 350. The number of alkyl carbamates (subject to hydrolysis) is 1. The Balaban J connectivity index is 2.60. The number of esters is 1. The number of carbonyl (C=O) groups excluding carboxylic acids is 2. The maximum atomic E-state index is 12.0. The summed E-state index contributed by atoms with van der Waals surface area (Å²) >= 11 is 0. The van der Waals surface area contributed by atoms with Gasteiger partial charge in [-0.15, -0.1) is 0 Å². The number of hydrogen-bond donors (Lipinski definition) is 2. The van der Waals surface area contributed by atoms with Crippen molar-refractivity contribution in [2.24, 2.45) is 5.92 Å². The monoisotopic (exact) mass is 286 g/mol. The number of piperidine rings is 1. The van der Waals surface area contributed by atoms with E-state index < -0.39 is 11.7 Å². The van der Waals surface area contributed by atoms with Gasteiger partial charge in [-0.25, -0.2) is 4.79 Å². The second-order valence-electron chi connectivity index (χ2n) is 6.34. The summed E-state index contributed by atoms with van der Waals surface area (Å²) in [5.41, 5.74) is -0.555. The van der Waals surface area contributed by atoms with Crippen LogP contribution in [0.3, 0.4) is 0 Å². The maximum Gasteiger partial charge on any atom is 0.407 e. The van der Waals surface area contributed by atoms with Crippen LogP contribution in [0.1, 0.15) is 41.0 Å². The van der Waals surface area contributed by atoms with E-state index >= 15 is 0 Å². The van der Waals surface area contributed by atoms with Crippen molar-refractivity contribution in [3.05, 3.63) is 0 Å². The number of carbonyl (C=O) groups is 2. The highest BCUT2D eigenvalue weighted by atomic mass is 16.6. The summed E-state index contributed by atoms with van der Waals surface area (Å²) in [5, 5.41) is 5.92. The standard InChI is InChI=1S/C14H26N2O4/c1-9(2)19-12(17)10-6-7-15-8-11(10)16-13(18)20-14(3,4)5/h9-11,15H,6-8H2,1-5H3,(H,16,18)/t10-,11-/m0/s1. The lowest BCUT2D eigenvalue weighted by molar-refractivity contribution is -0.154. The largest absolute Gasteiger partial charge is 0.463 e. The zero-order valence-electron chi connectivity index (χ0n) is 13.0. The van der Waals surface area contributed by atoms with Gasteiger partial charge in [0.15, 0.2) is 0 Å². The summed E-state index contributed by atoms with van der Waals surface area (Å²) in [5.74, 6) is -0.589. The Morgan fingerprint density at radius 3 is 2.50 bits per heavy atom. The third kappa shape index (κ3) is 5.77. The van der Waals surface area contributed by atoms with E-state index in [4.69, 9.17) is 9.47 Å². The minimum atomic E-state index is -0.555. The fourth-order valence-corrected chi connectivity index (χ4v) is 2.07. The summed E-state index contributed by atoms with van der Waals surface area (Å²) in [7, 11) is 0. The van der Waals surface area contributed by atoms with Gasteiger partial charge in [-0.2, -0.15) is 0 Å².